The second kappa shape index (κ2) is 14.0. The first-order chi connectivity index (χ1) is 16.4. The molecule has 0 fully saturated rings. The van der Waals surface area contributed by atoms with Gasteiger partial charge < -0.3 is 10.2 Å². The van der Waals surface area contributed by atoms with Crippen LogP contribution in [0.1, 0.15) is 99.3 Å². The summed E-state index contributed by atoms with van der Waals surface area (Å²) in [5, 5.41) is 21.7. The molecule has 0 radical (unpaired) electrons. The molecule has 35 heavy (non-hydrogen) atoms. The average molecular weight is 496 g/mol. The highest BCUT2D eigenvalue weighted by Crippen LogP contribution is 2.34. The van der Waals surface area contributed by atoms with Crippen LogP contribution in [-0.2, 0) is 19.6 Å². The van der Waals surface area contributed by atoms with E-state index in [9.17, 15) is 24.6 Å². The lowest BCUT2D eigenvalue weighted by atomic mass is 9.77. The average Bonchev–Trinajstić information content (AvgIpc) is 2.77. The fourth-order valence-electron chi connectivity index (χ4n) is 5.53. The largest absolute Gasteiger partial charge is 0.391 e. The minimum absolute atomic E-state index is 0.0595. The van der Waals surface area contributed by atoms with E-state index in [4.69, 9.17) is 0 Å². The molecule has 1 aromatic heterocycles. The minimum Gasteiger partial charge on any atom is -0.391 e. The predicted molar refractivity (Wildman–Crippen MR) is 142 cm³/mol. The van der Waals surface area contributed by atoms with Gasteiger partial charge in [-0.3, -0.25) is 0 Å². The Bertz CT molecular complexity index is 970. The van der Waals surface area contributed by atoms with Crippen molar-refractivity contribution in [2.75, 3.05) is 0 Å². The monoisotopic (exact) mass is 495 g/mol. The maximum atomic E-state index is 13.3. The molecular weight excluding hydrogens is 446 g/mol. The molecule has 1 heterocycles. The summed E-state index contributed by atoms with van der Waals surface area (Å²) >= 11 is 0. The lowest BCUT2D eigenvalue weighted by Crippen LogP contribution is -2.56. The summed E-state index contributed by atoms with van der Waals surface area (Å²) in [5.74, 6) is 0. The van der Waals surface area contributed by atoms with Crippen LogP contribution in [0.5, 0.6) is 0 Å². The molecule has 0 aliphatic rings. The zero-order valence-electron chi connectivity index (χ0n) is 22.9. The first kappa shape index (κ1) is 31.1. The topological polar surface area (TPSA) is 106 Å². The van der Waals surface area contributed by atoms with Crippen LogP contribution in [0.15, 0.2) is 27.0 Å². The number of hydrogen-bond donors (Lipinski definition) is 2. The van der Waals surface area contributed by atoms with Crippen molar-refractivity contribution < 1.29 is 10.2 Å². The van der Waals surface area contributed by atoms with Gasteiger partial charge in [-0.1, -0.05) is 73.3 Å². The molecule has 3 atom stereocenters. The third kappa shape index (κ3) is 8.60. The number of nitrogens with zero attached hydrogens (tertiary/aromatic N) is 3. The highest BCUT2D eigenvalue weighted by Gasteiger charge is 2.29. The summed E-state index contributed by atoms with van der Waals surface area (Å²) < 4.78 is 2.81. The quantitative estimate of drug-likeness (QED) is 0.321. The molecule has 1 aromatic rings. The Labute approximate surface area is 210 Å². The van der Waals surface area contributed by atoms with Gasteiger partial charge in [0, 0.05) is 0 Å². The van der Waals surface area contributed by atoms with Gasteiger partial charge in [0.2, 0.25) is 0 Å². The van der Waals surface area contributed by atoms with Gasteiger partial charge in [-0.15, -0.1) is 6.58 Å². The molecule has 3 unspecified atom stereocenters. The standard InChI is InChI=1S/C27H49N3O5/c1-8-13-26(6,12-5)17-21(31)19-29-23(33)28(16-11-4)24(34)30(25(29)35)20-22(32)18-27(7,14-9-2)15-10-3/h11,21-22,31-32H,4,8-10,12-20H2,1-3,5-7H3. The van der Waals surface area contributed by atoms with E-state index in [2.05, 4.69) is 48.1 Å². The number of aromatic nitrogens is 3. The first-order valence-corrected chi connectivity index (χ1v) is 13.3. The fraction of sp³-hybridized carbons (Fsp3) is 0.815. The van der Waals surface area contributed by atoms with Gasteiger partial charge in [0.1, 0.15) is 0 Å². The second-order valence-electron chi connectivity index (χ2n) is 10.9. The van der Waals surface area contributed by atoms with Crippen molar-refractivity contribution in [3.8, 4) is 0 Å². The molecule has 0 saturated heterocycles. The Kier molecular flexibility index (Phi) is 12.4. The molecule has 1 rings (SSSR count). The van der Waals surface area contributed by atoms with E-state index >= 15 is 0 Å². The van der Waals surface area contributed by atoms with Crippen LogP contribution in [0.3, 0.4) is 0 Å². The third-order valence-electron chi connectivity index (χ3n) is 7.35. The zero-order valence-corrected chi connectivity index (χ0v) is 22.9. The fourth-order valence-corrected chi connectivity index (χ4v) is 5.53. The maximum absolute atomic E-state index is 13.3. The van der Waals surface area contributed by atoms with Crippen LogP contribution in [0.2, 0.25) is 0 Å². The van der Waals surface area contributed by atoms with Gasteiger partial charge in [-0.2, -0.15) is 0 Å². The van der Waals surface area contributed by atoms with Crippen LogP contribution in [-0.4, -0.2) is 36.1 Å². The summed E-state index contributed by atoms with van der Waals surface area (Å²) in [6, 6.07) is 0. The highest BCUT2D eigenvalue weighted by molar-refractivity contribution is 4.86. The predicted octanol–water partition coefficient (Wildman–Crippen LogP) is 3.68. The van der Waals surface area contributed by atoms with E-state index in [1.807, 2.05) is 0 Å². The lowest BCUT2D eigenvalue weighted by Gasteiger charge is -2.31. The van der Waals surface area contributed by atoms with Gasteiger partial charge in [-0.05, 0) is 42.9 Å². The number of aliphatic hydroxyl groups excluding tert-OH is 2. The molecule has 8 heteroatoms. The van der Waals surface area contributed by atoms with Crippen molar-refractivity contribution in [2.24, 2.45) is 10.8 Å². The smallest absolute Gasteiger partial charge is 0.336 e. The van der Waals surface area contributed by atoms with Crippen LogP contribution in [0.4, 0.5) is 0 Å². The van der Waals surface area contributed by atoms with E-state index in [1.54, 1.807) is 0 Å². The summed E-state index contributed by atoms with van der Waals surface area (Å²) in [6.07, 6.45) is 7.09. The second-order valence-corrected chi connectivity index (χ2v) is 10.9. The molecule has 0 aromatic carbocycles. The maximum Gasteiger partial charge on any atom is 0.336 e. The van der Waals surface area contributed by atoms with E-state index in [0.717, 1.165) is 58.6 Å². The number of rotatable bonds is 17. The number of hydrogen-bond acceptors (Lipinski definition) is 5. The van der Waals surface area contributed by atoms with Crippen molar-refractivity contribution in [1.29, 1.82) is 0 Å². The molecule has 0 saturated carbocycles. The summed E-state index contributed by atoms with van der Waals surface area (Å²) in [6.45, 7) is 15.7. The Hall–Kier alpha value is -1.93. The van der Waals surface area contributed by atoms with E-state index in [1.165, 1.54) is 6.08 Å². The first-order valence-electron chi connectivity index (χ1n) is 13.3. The van der Waals surface area contributed by atoms with Gasteiger partial charge in [0.15, 0.2) is 0 Å². The van der Waals surface area contributed by atoms with E-state index < -0.39 is 29.3 Å². The van der Waals surface area contributed by atoms with Crippen LogP contribution in [0.25, 0.3) is 0 Å². The summed E-state index contributed by atoms with van der Waals surface area (Å²) in [5.41, 5.74) is -2.52. The molecule has 0 spiro atoms. The van der Waals surface area contributed by atoms with Crippen LogP contribution in [0, 0.1) is 10.8 Å². The summed E-state index contributed by atoms with van der Waals surface area (Å²) in [4.78, 5) is 39.3. The Morgan fingerprint density at radius 2 is 1.11 bits per heavy atom. The van der Waals surface area contributed by atoms with E-state index in [-0.39, 0.29) is 30.5 Å². The highest BCUT2D eigenvalue weighted by atomic mass is 16.3. The molecule has 0 aliphatic heterocycles. The molecule has 202 valence electrons. The Balaban J connectivity index is 3.38. The van der Waals surface area contributed by atoms with Crippen molar-refractivity contribution in [3.63, 3.8) is 0 Å². The molecular formula is C27H49N3O5. The van der Waals surface area contributed by atoms with E-state index in [0.29, 0.717) is 12.8 Å². The van der Waals surface area contributed by atoms with Crippen molar-refractivity contribution in [2.45, 2.75) is 131 Å². The minimum atomic E-state index is -0.914. The molecule has 8 nitrogen and oxygen atoms in total. The van der Waals surface area contributed by atoms with Gasteiger partial charge in [0.25, 0.3) is 0 Å². The van der Waals surface area contributed by atoms with Crippen molar-refractivity contribution in [3.05, 3.63) is 44.1 Å². The molecule has 2 N–H and O–H groups in total. The van der Waals surface area contributed by atoms with Gasteiger partial charge in [-0.25, -0.2) is 28.1 Å². The normalized spacial score (nSPS) is 15.5. The van der Waals surface area contributed by atoms with Crippen LogP contribution >= 0.6 is 0 Å². The summed E-state index contributed by atoms with van der Waals surface area (Å²) in [7, 11) is 0. The molecule has 0 amide bonds. The Morgan fingerprint density at radius 1 is 0.743 bits per heavy atom. The zero-order chi connectivity index (χ0) is 26.8. The number of allylic oxidation sites excluding steroid dienone is 1. The van der Waals surface area contributed by atoms with Gasteiger partial charge >= 0.3 is 17.1 Å². The van der Waals surface area contributed by atoms with Gasteiger partial charge in [0.05, 0.1) is 31.8 Å². The van der Waals surface area contributed by atoms with Crippen molar-refractivity contribution >= 4 is 0 Å². The lowest BCUT2D eigenvalue weighted by molar-refractivity contribution is 0.0722. The Morgan fingerprint density at radius 3 is 1.49 bits per heavy atom. The third-order valence-corrected chi connectivity index (χ3v) is 7.35. The number of aliphatic hydroxyl groups is 2. The molecule has 0 bridgehead atoms. The molecule has 0 aliphatic carbocycles. The van der Waals surface area contributed by atoms with Crippen LogP contribution < -0.4 is 17.1 Å². The van der Waals surface area contributed by atoms with Crippen molar-refractivity contribution in [1.82, 2.24) is 13.7 Å². The SMILES string of the molecule is C=CCn1c(=O)n(CC(O)CC(C)(CC)CCC)c(=O)n(CC(O)CC(C)(CCC)CCC)c1=O.